The number of benzene rings is 1. The molecule has 1 aromatic heterocycles. The fourth-order valence-corrected chi connectivity index (χ4v) is 2.53. The fraction of sp³-hybridized carbons (Fsp3) is 0.417. The molecule has 2 rings (SSSR count). The zero-order chi connectivity index (χ0) is 11.7. The first-order valence-corrected chi connectivity index (χ1v) is 6.18. The van der Waals surface area contributed by atoms with Gasteiger partial charge in [0.1, 0.15) is 5.82 Å². The topological polar surface area (TPSA) is 38.9 Å². The van der Waals surface area contributed by atoms with Gasteiger partial charge in [-0.3, -0.25) is 0 Å². The number of hydrogen-bond donors (Lipinski definition) is 1. The SMILES string of the molecule is CC(C)C(N)Cc1nc2ccc(F)cc2s1. The smallest absolute Gasteiger partial charge is 0.124 e. The van der Waals surface area contributed by atoms with E-state index in [2.05, 4.69) is 18.8 Å². The third-order valence-electron chi connectivity index (χ3n) is 2.66. The van der Waals surface area contributed by atoms with E-state index < -0.39 is 0 Å². The second-order valence-electron chi connectivity index (χ2n) is 4.33. The van der Waals surface area contributed by atoms with Crippen LogP contribution in [0.1, 0.15) is 18.9 Å². The minimum Gasteiger partial charge on any atom is -0.327 e. The van der Waals surface area contributed by atoms with Crippen molar-refractivity contribution in [1.29, 1.82) is 0 Å². The van der Waals surface area contributed by atoms with Gasteiger partial charge in [0, 0.05) is 12.5 Å². The molecule has 1 unspecified atom stereocenters. The van der Waals surface area contributed by atoms with Crippen molar-refractivity contribution >= 4 is 21.6 Å². The Bertz CT molecular complexity index is 493. The quantitative estimate of drug-likeness (QED) is 0.892. The monoisotopic (exact) mass is 238 g/mol. The summed E-state index contributed by atoms with van der Waals surface area (Å²) in [5, 5.41) is 0.988. The summed E-state index contributed by atoms with van der Waals surface area (Å²) in [7, 11) is 0. The van der Waals surface area contributed by atoms with Crippen LogP contribution in [0.2, 0.25) is 0 Å². The number of rotatable bonds is 3. The second-order valence-corrected chi connectivity index (χ2v) is 5.45. The van der Waals surface area contributed by atoms with Gasteiger partial charge in [0.25, 0.3) is 0 Å². The van der Waals surface area contributed by atoms with Crippen molar-refractivity contribution < 1.29 is 4.39 Å². The number of nitrogens with zero attached hydrogens (tertiary/aromatic N) is 1. The molecule has 0 fully saturated rings. The van der Waals surface area contributed by atoms with Crippen LogP contribution in [0.5, 0.6) is 0 Å². The van der Waals surface area contributed by atoms with E-state index in [0.717, 1.165) is 21.6 Å². The first kappa shape index (κ1) is 11.5. The standard InChI is InChI=1S/C12H15FN2S/c1-7(2)9(14)6-12-15-10-4-3-8(13)5-11(10)16-12/h3-5,7,9H,6,14H2,1-2H3. The predicted octanol–water partition coefficient (Wildman–Crippen LogP) is 2.96. The molecule has 1 heterocycles. The minimum atomic E-state index is -0.212. The van der Waals surface area contributed by atoms with E-state index in [1.54, 1.807) is 6.07 Å². The molecular weight excluding hydrogens is 223 g/mol. The maximum atomic E-state index is 13.0. The first-order chi connectivity index (χ1) is 7.56. The van der Waals surface area contributed by atoms with E-state index in [1.807, 2.05) is 0 Å². The molecule has 2 nitrogen and oxygen atoms in total. The average Bonchev–Trinajstić information content (AvgIpc) is 2.58. The van der Waals surface area contributed by atoms with Crippen LogP contribution in [0, 0.1) is 11.7 Å². The molecule has 2 aromatic rings. The molecule has 0 amide bonds. The molecule has 0 bridgehead atoms. The molecule has 0 aliphatic heterocycles. The lowest BCUT2D eigenvalue weighted by Gasteiger charge is -2.12. The van der Waals surface area contributed by atoms with Crippen molar-refractivity contribution in [2.75, 3.05) is 0 Å². The number of thiazole rings is 1. The Labute approximate surface area is 98.3 Å². The van der Waals surface area contributed by atoms with Crippen LogP contribution in [0.4, 0.5) is 4.39 Å². The molecule has 1 aromatic carbocycles. The van der Waals surface area contributed by atoms with Crippen LogP contribution in [0.15, 0.2) is 18.2 Å². The highest BCUT2D eigenvalue weighted by Crippen LogP contribution is 2.24. The van der Waals surface area contributed by atoms with Gasteiger partial charge in [-0.05, 0) is 24.1 Å². The number of fused-ring (bicyclic) bond motifs is 1. The summed E-state index contributed by atoms with van der Waals surface area (Å²) in [6.07, 6.45) is 0.763. The molecule has 16 heavy (non-hydrogen) atoms. The van der Waals surface area contributed by atoms with Gasteiger partial charge >= 0.3 is 0 Å². The van der Waals surface area contributed by atoms with Crippen LogP contribution >= 0.6 is 11.3 Å². The maximum Gasteiger partial charge on any atom is 0.124 e. The normalized spacial score (nSPS) is 13.6. The molecule has 86 valence electrons. The molecule has 0 aliphatic rings. The summed E-state index contributed by atoms with van der Waals surface area (Å²) in [5.41, 5.74) is 6.85. The third-order valence-corrected chi connectivity index (χ3v) is 3.70. The van der Waals surface area contributed by atoms with Crippen molar-refractivity contribution in [1.82, 2.24) is 4.98 Å². The Hall–Kier alpha value is -1.000. The lowest BCUT2D eigenvalue weighted by Crippen LogP contribution is -2.28. The Kier molecular flexibility index (Phi) is 3.21. The van der Waals surface area contributed by atoms with Gasteiger partial charge in [-0.15, -0.1) is 11.3 Å². The summed E-state index contributed by atoms with van der Waals surface area (Å²) in [6.45, 7) is 4.19. The van der Waals surface area contributed by atoms with E-state index in [4.69, 9.17) is 5.73 Å². The van der Waals surface area contributed by atoms with E-state index in [0.29, 0.717) is 5.92 Å². The van der Waals surface area contributed by atoms with Gasteiger partial charge in [-0.25, -0.2) is 9.37 Å². The Morgan fingerprint density at radius 2 is 2.19 bits per heavy atom. The largest absolute Gasteiger partial charge is 0.327 e. The van der Waals surface area contributed by atoms with Gasteiger partial charge in [0.05, 0.1) is 15.2 Å². The Morgan fingerprint density at radius 3 is 2.88 bits per heavy atom. The Morgan fingerprint density at radius 1 is 1.44 bits per heavy atom. The minimum absolute atomic E-state index is 0.116. The van der Waals surface area contributed by atoms with E-state index >= 15 is 0 Å². The second kappa shape index (κ2) is 4.47. The molecule has 2 N–H and O–H groups in total. The van der Waals surface area contributed by atoms with Crippen molar-refractivity contribution in [3.05, 3.63) is 29.0 Å². The number of hydrogen-bond acceptors (Lipinski definition) is 3. The number of halogens is 1. The lowest BCUT2D eigenvalue weighted by atomic mass is 10.0. The van der Waals surface area contributed by atoms with Crippen molar-refractivity contribution in [2.45, 2.75) is 26.3 Å². The molecule has 0 saturated heterocycles. The van der Waals surface area contributed by atoms with Crippen LogP contribution in [-0.4, -0.2) is 11.0 Å². The zero-order valence-electron chi connectivity index (χ0n) is 9.40. The molecular formula is C12H15FN2S. The van der Waals surface area contributed by atoms with Gasteiger partial charge in [0.15, 0.2) is 0 Å². The summed E-state index contributed by atoms with van der Waals surface area (Å²) in [6, 6.07) is 4.79. The number of aromatic nitrogens is 1. The highest BCUT2D eigenvalue weighted by Gasteiger charge is 2.12. The van der Waals surface area contributed by atoms with Gasteiger partial charge < -0.3 is 5.73 Å². The van der Waals surface area contributed by atoms with E-state index in [-0.39, 0.29) is 11.9 Å². The van der Waals surface area contributed by atoms with Crippen LogP contribution in [0.3, 0.4) is 0 Å². The summed E-state index contributed by atoms with van der Waals surface area (Å²) in [5.74, 6) is 0.222. The van der Waals surface area contributed by atoms with E-state index in [9.17, 15) is 4.39 Å². The highest BCUT2D eigenvalue weighted by molar-refractivity contribution is 7.18. The van der Waals surface area contributed by atoms with Gasteiger partial charge in [-0.2, -0.15) is 0 Å². The highest BCUT2D eigenvalue weighted by atomic mass is 32.1. The lowest BCUT2D eigenvalue weighted by molar-refractivity contribution is 0.490. The molecule has 4 heteroatoms. The van der Waals surface area contributed by atoms with Crippen LogP contribution in [0.25, 0.3) is 10.2 Å². The molecule has 0 spiro atoms. The van der Waals surface area contributed by atoms with Gasteiger partial charge in [-0.1, -0.05) is 13.8 Å². The zero-order valence-corrected chi connectivity index (χ0v) is 10.2. The molecule has 0 saturated carbocycles. The van der Waals surface area contributed by atoms with Gasteiger partial charge in [0.2, 0.25) is 0 Å². The average molecular weight is 238 g/mol. The molecule has 0 radical (unpaired) electrons. The summed E-state index contributed by atoms with van der Waals surface area (Å²) < 4.78 is 13.9. The van der Waals surface area contributed by atoms with Crippen molar-refractivity contribution in [2.24, 2.45) is 11.7 Å². The van der Waals surface area contributed by atoms with Crippen molar-refractivity contribution in [3.8, 4) is 0 Å². The third kappa shape index (κ3) is 2.39. The Balaban J connectivity index is 2.26. The van der Waals surface area contributed by atoms with Crippen LogP contribution < -0.4 is 5.73 Å². The maximum absolute atomic E-state index is 13.0. The van der Waals surface area contributed by atoms with Crippen molar-refractivity contribution in [3.63, 3.8) is 0 Å². The number of nitrogens with two attached hydrogens (primary N) is 1. The first-order valence-electron chi connectivity index (χ1n) is 5.37. The molecule has 1 atom stereocenters. The predicted molar refractivity (Wildman–Crippen MR) is 66.1 cm³/mol. The van der Waals surface area contributed by atoms with Crippen LogP contribution in [-0.2, 0) is 6.42 Å². The molecule has 0 aliphatic carbocycles. The fourth-order valence-electron chi connectivity index (χ4n) is 1.47. The summed E-state index contributed by atoms with van der Waals surface area (Å²) in [4.78, 5) is 4.45. The van der Waals surface area contributed by atoms with E-state index in [1.165, 1.54) is 23.5 Å². The summed E-state index contributed by atoms with van der Waals surface area (Å²) >= 11 is 1.53.